The molecule has 0 aliphatic heterocycles. The minimum Gasteiger partial charge on any atom is -0.469 e. The topological polar surface area (TPSA) is 58.6 Å². The molecule has 0 heterocycles. The summed E-state index contributed by atoms with van der Waals surface area (Å²) >= 11 is 0. The summed E-state index contributed by atoms with van der Waals surface area (Å²) in [6.07, 6.45) is 2.33. The molecule has 0 bridgehead atoms. The second-order valence-corrected chi connectivity index (χ2v) is 5.06. The Morgan fingerprint density at radius 3 is 2.74 bits per heavy atom. The highest BCUT2D eigenvalue weighted by Crippen LogP contribution is 2.32. The van der Waals surface area contributed by atoms with E-state index in [0.717, 1.165) is 24.0 Å². The summed E-state index contributed by atoms with van der Waals surface area (Å²) in [7, 11) is 1.40. The average Bonchev–Trinajstić information content (AvgIpc) is 3.24. The Morgan fingerprint density at radius 1 is 1.42 bits per heavy atom. The Kier molecular flexibility index (Phi) is 4.93. The van der Waals surface area contributed by atoms with Crippen LogP contribution in [-0.4, -0.2) is 30.8 Å². The third-order valence-electron chi connectivity index (χ3n) is 3.52. The Bertz CT molecular complexity index is 429. The van der Waals surface area contributed by atoms with E-state index in [1.807, 2.05) is 24.3 Å². The fourth-order valence-corrected chi connectivity index (χ4v) is 2.13. The van der Waals surface area contributed by atoms with Crippen LogP contribution in [0, 0.1) is 5.92 Å². The van der Waals surface area contributed by atoms with Gasteiger partial charge < -0.3 is 15.2 Å². The molecule has 1 aliphatic carbocycles. The van der Waals surface area contributed by atoms with Gasteiger partial charge in [0.05, 0.1) is 19.6 Å². The van der Waals surface area contributed by atoms with Crippen molar-refractivity contribution in [2.45, 2.75) is 31.9 Å². The summed E-state index contributed by atoms with van der Waals surface area (Å²) in [6.45, 7) is 1.27. The molecule has 1 aromatic rings. The average molecular weight is 263 g/mol. The van der Waals surface area contributed by atoms with Crippen molar-refractivity contribution in [3.63, 3.8) is 0 Å². The highest BCUT2D eigenvalue weighted by molar-refractivity contribution is 5.72. The van der Waals surface area contributed by atoms with Gasteiger partial charge in [-0.15, -0.1) is 0 Å². The lowest BCUT2D eigenvalue weighted by Crippen LogP contribution is -2.28. The van der Waals surface area contributed by atoms with Crippen LogP contribution >= 0.6 is 0 Å². The van der Waals surface area contributed by atoms with Crippen LogP contribution in [0.3, 0.4) is 0 Å². The first-order valence-electron chi connectivity index (χ1n) is 6.73. The van der Waals surface area contributed by atoms with Gasteiger partial charge in [0.25, 0.3) is 0 Å². The maximum atomic E-state index is 11.3. The second-order valence-electron chi connectivity index (χ2n) is 5.06. The summed E-state index contributed by atoms with van der Waals surface area (Å²) < 4.78 is 4.69. The van der Waals surface area contributed by atoms with Gasteiger partial charge in [-0.25, -0.2) is 0 Å². The maximum absolute atomic E-state index is 11.3. The van der Waals surface area contributed by atoms with Gasteiger partial charge in [-0.05, 0) is 29.9 Å². The zero-order chi connectivity index (χ0) is 13.7. The highest BCUT2D eigenvalue weighted by atomic mass is 16.5. The molecule has 2 N–H and O–H groups in total. The number of benzene rings is 1. The molecule has 0 amide bonds. The van der Waals surface area contributed by atoms with E-state index in [9.17, 15) is 9.90 Å². The van der Waals surface area contributed by atoms with Crippen molar-refractivity contribution in [1.82, 2.24) is 5.32 Å². The number of carbonyl (C=O) groups is 1. The Labute approximate surface area is 113 Å². The van der Waals surface area contributed by atoms with Crippen LogP contribution in [0.1, 0.15) is 24.0 Å². The highest BCUT2D eigenvalue weighted by Gasteiger charge is 2.29. The molecule has 2 rings (SSSR count). The van der Waals surface area contributed by atoms with Crippen LogP contribution in [0.5, 0.6) is 0 Å². The number of esters is 1. The van der Waals surface area contributed by atoms with Crippen molar-refractivity contribution < 1.29 is 14.6 Å². The van der Waals surface area contributed by atoms with E-state index in [0.29, 0.717) is 25.4 Å². The standard InChI is InChI=1S/C15H21NO3/c1-19-15(18)8-12-4-2-3-5-13(12)9-16-10-14(17)11-6-7-11/h2-5,11,14,16-17H,6-10H2,1H3. The van der Waals surface area contributed by atoms with Gasteiger partial charge in [-0.2, -0.15) is 0 Å². The molecule has 1 unspecified atom stereocenters. The van der Waals surface area contributed by atoms with E-state index >= 15 is 0 Å². The van der Waals surface area contributed by atoms with Gasteiger partial charge in [-0.1, -0.05) is 24.3 Å². The molecule has 0 saturated heterocycles. The van der Waals surface area contributed by atoms with Crippen molar-refractivity contribution in [2.24, 2.45) is 5.92 Å². The van der Waals surface area contributed by atoms with Crippen molar-refractivity contribution >= 4 is 5.97 Å². The number of aliphatic hydroxyl groups excluding tert-OH is 1. The van der Waals surface area contributed by atoms with Crippen molar-refractivity contribution in [3.8, 4) is 0 Å². The number of rotatable bonds is 7. The lowest BCUT2D eigenvalue weighted by molar-refractivity contribution is -0.139. The normalized spacial score (nSPS) is 16.1. The zero-order valence-corrected chi connectivity index (χ0v) is 11.3. The smallest absolute Gasteiger partial charge is 0.309 e. The van der Waals surface area contributed by atoms with Gasteiger partial charge in [0.15, 0.2) is 0 Å². The summed E-state index contributed by atoms with van der Waals surface area (Å²) in [5.74, 6) is 0.253. The van der Waals surface area contributed by atoms with Crippen molar-refractivity contribution in [1.29, 1.82) is 0 Å². The second kappa shape index (κ2) is 6.68. The molecule has 1 aromatic carbocycles. The SMILES string of the molecule is COC(=O)Cc1ccccc1CNCC(O)C1CC1. The van der Waals surface area contributed by atoms with Gasteiger partial charge in [0, 0.05) is 13.1 Å². The fourth-order valence-electron chi connectivity index (χ4n) is 2.13. The number of nitrogens with one attached hydrogen (secondary N) is 1. The first-order chi connectivity index (χ1) is 9.20. The molecule has 19 heavy (non-hydrogen) atoms. The van der Waals surface area contributed by atoms with E-state index in [2.05, 4.69) is 5.32 Å². The molecular weight excluding hydrogens is 242 g/mol. The minimum absolute atomic E-state index is 0.231. The van der Waals surface area contributed by atoms with Crippen LogP contribution in [0.4, 0.5) is 0 Å². The third-order valence-corrected chi connectivity index (χ3v) is 3.52. The molecule has 4 nitrogen and oxygen atoms in total. The molecular formula is C15H21NO3. The van der Waals surface area contributed by atoms with E-state index in [-0.39, 0.29) is 12.1 Å². The Balaban J connectivity index is 1.85. The fraction of sp³-hybridized carbons (Fsp3) is 0.533. The zero-order valence-electron chi connectivity index (χ0n) is 11.3. The number of methoxy groups -OCH3 is 1. The molecule has 1 saturated carbocycles. The molecule has 0 aromatic heterocycles. The lowest BCUT2D eigenvalue weighted by atomic mass is 10.0. The molecule has 1 aliphatic rings. The van der Waals surface area contributed by atoms with Crippen molar-refractivity contribution in [2.75, 3.05) is 13.7 Å². The molecule has 0 radical (unpaired) electrons. The molecule has 104 valence electrons. The molecule has 0 spiro atoms. The molecule has 1 atom stereocenters. The first kappa shape index (κ1) is 14.0. The predicted octanol–water partition coefficient (Wildman–Crippen LogP) is 1.26. The molecule has 1 fully saturated rings. The van der Waals surface area contributed by atoms with Crippen LogP contribution in [0.25, 0.3) is 0 Å². The molecule has 4 heteroatoms. The van der Waals surface area contributed by atoms with Crippen molar-refractivity contribution in [3.05, 3.63) is 35.4 Å². The summed E-state index contributed by atoms with van der Waals surface area (Å²) in [5.41, 5.74) is 2.05. The van der Waals surface area contributed by atoms with Crippen LogP contribution in [0.2, 0.25) is 0 Å². The van der Waals surface area contributed by atoms with E-state index in [1.165, 1.54) is 7.11 Å². The largest absolute Gasteiger partial charge is 0.469 e. The number of aliphatic hydroxyl groups is 1. The van der Waals surface area contributed by atoms with Crippen LogP contribution < -0.4 is 5.32 Å². The summed E-state index contributed by atoms with van der Waals surface area (Å²) in [6, 6.07) is 7.80. The summed E-state index contributed by atoms with van der Waals surface area (Å²) in [4.78, 5) is 11.3. The van der Waals surface area contributed by atoms with Crippen LogP contribution in [-0.2, 0) is 22.5 Å². The van der Waals surface area contributed by atoms with Gasteiger partial charge in [-0.3, -0.25) is 4.79 Å². The predicted molar refractivity (Wildman–Crippen MR) is 72.6 cm³/mol. The van der Waals surface area contributed by atoms with E-state index in [1.54, 1.807) is 0 Å². The summed E-state index contributed by atoms with van der Waals surface area (Å²) in [5, 5.41) is 13.0. The Morgan fingerprint density at radius 2 is 2.11 bits per heavy atom. The Hall–Kier alpha value is -1.39. The van der Waals surface area contributed by atoms with E-state index < -0.39 is 0 Å². The minimum atomic E-state index is -0.243. The van der Waals surface area contributed by atoms with Gasteiger partial charge in [0.1, 0.15) is 0 Å². The number of carbonyl (C=O) groups excluding carboxylic acids is 1. The number of hydrogen-bond donors (Lipinski definition) is 2. The first-order valence-corrected chi connectivity index (χ1v) is 6.73. The quantitative estimate of drug-likeness (QED) is 0.727. The number of hydrogen-bond acceptors (Lipinski definition) is 4. The van der Waals surface area contributed by atoms with Gasteiger partial charge in [0.2, 0.25) is 0 Å². The third kappa shape index (κ3) is 4.33. The monoisotopic (exact) mass is 263 g/mol. The van der Waals surface area contributed by atoms with E-state index in [4.69, 9.17) is 4.74 Å². The lowest BCUT2D eigenvalue weighted by Gasteiger charge is -2.13. The maximum Gasteiger partial charge on any atom is 0.309 e. The number of ether oxygens (including phenoxy) is 1. The van der Waals surface area contributed by atoms with Gasteiger partial charge >= 0.3 is 5.97 Å². The van der Waals surface area contributed by atoms with Crippen LogP contribution in [0.15, 0.2) is 24.3 Å².